The molecule has 0 atom stereocenters. The van der Waals surface area contributed by atoms with Crippen LogP contribution < -0.4 is 11.3 Å². The lowest BCUT2D eigenvalue weighted by Gasteiger charge is -2.01. The first-order chi connectivity index (χ1) is 7.15. The molecule has 15 heavy (non-hydrogen) atoms. The van der Waals surface area contributed by atoms with E-state index in [4.69, 9.17) is 5.73 Å². The van der Waals surface area contributed by atoms with Crippen molar-refractivity contribution in [2.24, 2.45) is 0 Å². The van der Waals surface area contributed by atoms with Crippen LogP contribution in [0.1, 0.15) is 10.7 Å². The molecular weight excluding hydrogens is 212 g/mol. The van der Waals surface area contributed by atoms with Gasteiger partial charge in [0.2, 0.25) is 0 Å². The average Bonchev–Trinajstić information content (AvgIpc) is 2.58. The summed E-state index contributed by atoms with van der Waals surface area (Å²) in [6.45, 7) is 2.29. The number of thiazole rings is 1. The molecular formula is C9H10N4OS. The number of anilines is 1. The summed E-state index contributed by atoms with van der Waals surface area (Å²) in [6, 6.07) is 2.90. The Morgan fingerprint density at radius 1 is 1.53 bits per heavy atom. The lowest BCUT2D eigenvalue weighted by atomic mass is 10.4. The SMILES string of the molecule is Cc1nc(Cn2nc(N)ccc2=O)cs1. The van der Waals surface area contributed by atoms with Crippen molar-refractivity contribution in [3.05, 3.63) is 38.6 Å². The van der Waals surface area contributed by atoms with E-state index < -0.39 is 0 Å². The first kappa shape index (κ1) is 9.85. The third kappa shape index (κ3) is 2.21. The van der Waals surface area contributed by atoms with Gasteiger partial charge in [-0.3, -0.25) is 4.79 Å². The monoisotopic (exact) mass is 222 g/mol. The Kier molecular flexibility index (Phi) is 2.51. The summed E-state index contributed by atoms with van der Waals surface area (Å²) >= 11 is 1.55. The maximum Gasteiger partial charge on any atom is 0.267 e. The molecule has 2 N–H and O–H groups in total. The molecule has 0 fully saturated rings. The number of hydrogen-bond acceptors (Lipinski definition) is 5. The van der Waals surface area contributed by atoms with Crippen LogP contribution in [0.2, 0.25) is 0 Å². The van der Waals surface area contributed by atoms with Crippen LogP contribution in [0.25, 0.3) is 0 Å². The summed E-state index contributed by atoms with van der Waals surface area (Å²) in [5.41, 5.74) is 6.16. The van der Waals surface area contributed by atoms with Crippen molar-refractivity contribution >= 4 is 17.2 Å². The highest BCUT2D eigenvalue weighted by atomic mass is 32.1. The Labute approximate surface area is 90.2 Å². The second kappa shape index (κ2) is 3.82. The maximum absolute atomic E-state index is 11.4. The lowest BCUT2D eigenvalue weighted by Crippen LogP contribution is -2.23. The Balaban J connectivity index is 2.31. The molecule has 6 heteroatoms. The van der Waals surface area contributed by atoms with Crippen LogP contribution in [0.3, 0.4) is 0 Å². The minimum absolute atomic E-state index is 0.171. The van der Waals surface area contributed by atoms with Gasteiger partial charge in [-0.05, 0) is 13.0 Å². The summed E-state index contributed by atoms with van der Waals surface area (Å²) in [6.07, 6.45) is 0. The maximum atomic E-state index is 11.4. The van der Waals surface area contributed by atoms with Crippen molar-refractivity contribution in [3.8, 4) is 0 Å². The number of nitrogens with two attached hydrogens (primary N) is 1. The molecule has 2 heterocycles. The van der Waals surface area contributed by atoms with Gasteiger partial charge >= 0.3 is 0 Å². The highest BCUT2D eigenvalue weighted by molar-refractivity contribution is 7.09. The summed E-state index contributed by atoms with van der Waals surface area (Å²) in [5.74, 6) is 0.335. The van der Waals surface area contributed by atoms with E-state index in [-0.39, 0.29) is 5.56 Å². The molecule has 0 unspecified atom stereocenters. The zero-order valence-electron chi connectivity index (χ0n) is 8.17. The molecule has 0 aliphatic carbocycles. The van der Waals surface area contributed by atoms with E-state index >= 15 is 0 Å². The smallest absolute Gasteiger partial charge is 0.267 e. The molecule has 0 amide bonds. The van der Waals surface area contributed by atoms with Gasteiger partial charge in [-0.1, -0.05) is 0 Å². The largest absolute Gasteiger partial charge is 0.382 e. The molecule has 0 saturated heterocycles. The molecule has 0 bridgehead atoms. The van der Waals surface area contributed by atoms with Crippen molar-refractivity contribution in [2.75, 3.05) is 5.73 Å². The van der Waals surface area contributed by atoms with Crippen LogP contribution in [0, 0.1) is 6.92 Å². The van der Waals surface area contributed by atoms with Gasteiger partial charge in [-0.15, -0.1) is 11.3 Å². The fourth-order valence-electron chi connectivity index (χ4n) is 1.21. The molecule has 78 valence electrons. The van der Waals surface area contributed by atoms with Gasteiger partial charge < -0.3 is 5.73 Å². The van der Waals surface area contributed by atoms with E-state index in [1.54, 1.807) is 11.3 Å². The van der Waals surface area contributed by atoms with Gasteiger partial charge in [-0.25, -0.2) is 9.67 Å². The number of hydrogen-bond donors (Lipinski definition) is 1. The zero-order chi connectivity index (χ0) is 10.8. The normalized spacial score (nSPS) is 10.5. The quantitative estimate of drug-likeness (QED) is 0.809. The standard InChI is InChI=1S/C9H10N4OS/c1-6-11-7(5-15-6)4-13-9(14)3-2-8(10)12-13/h2-3,5H,4H2,1H3,(H2,10,12). The van der Waals surface area contributed by atoms with Crippen LogP contribution in [-0.2, 0) is 6.54 Å². The molecule has 0 saturated carbocycles. The topological polar surface area (TPSA) is 73.8 Å². The zero-order valence-corrected chi connectivity index (χ0v) is 8.99. The van der Waals surface area contributed by atoms with Gasteiger partial charge in [0.1, 0.15) is 5.82 Å². The van der Waals surface area contributed by atoms with Crippen LogP contribution in [0.4, 0.5) is 5.82 Å². The van der Waals surface area contributed by atoms with Crippen LogP contribution in [0.5, 0.6) is 0 Å². The van der Waals surface area contributed by atoms with Crippen molar-refractivity contribution < 1.29 is 0 Å². The molecule has 2 rings (SSSR count). The van der Waals surface area contributed by atoms with E-state index in [9.17, 15) is 4.79 Å². The van der Waals surface area contributed by atoms with E-state index in [0.29, 0.717) is 12.4 Å². The third-order valence-electron chi connectivity index (χ3n) is 1.87. The molecule has 0 aromatic carbocycles. The van der Waals surface area contributed by atoms with Crippen LogP contribution in [0.15, 0.2) is 22.3 Å². The molecule has 0 aliphatic heterocycles. The van der Waals surface area contributed by atoms with Gasteiger partial charge in [0.15, 0.2) is 0 Å². The second-order valence-corrected chi connectivity index (χ2v) is 4.17. The molecule has 5 nitrogen and oxygen atoms in total. The van der Waals surface area contributed by atoms with Crippen molar-refractivity contribution in [1.29, 1.82) is 0 Å². The fourth-order valence-corrected chi connectivity index (χ4v) is 1.82. The number of nitrogens with zero attached hydrogens (tertiary/aromatic N) is 3. The van der Waals surface area contributed by atoms with E-state index in [2.05, 4.69) is 10.1 Å². The first-order valence-corrected chi connectivity index (χ1v) is 5.28. The molecule has 0 radical (unpaired) electrons. The number of aryl methyl sites for hydroxylation is 1. The predicted molar refractivity (Wildman–Crippen MR) is 58.9 cm³/mol. The molecule has 2 aromatic rings. The van der Waals surface area contributed by atoms with Gasteiger partial charge in [0.05, 0.1) is 17.2 Å². The fraction of sp³-hybridized carbons (Fsp3) is 0.222. The number of nitrogen functional groups attached to an aromatic ring is 1. The van der Waals surface area contributed by atoms with E-state index in [1.807, 2.05) is 12.3 Å². The summed E-state index contributed by atoms with van der Waals surface area (Å²) in [5, 5.41) is 6.81. The summed E-state index contributed by atoms with van der Waals surface area (Å²) < 4.78 is 1.31. The number of aromatic nitrogens is 3. The summed E-state index contributed by atoms with van der Waals surface area (Å²) in [7, 11) is 0. The molecule has 0 aliphatic rings. The van der Waals surface area contributed by atoms with Gasteiger partial charge in [0.25, 0.3) is 5.56 Å². The number of rotatable bonds is 2. The minimum atomic E-state index is -0.171. The van der Waals surface area contributed by atoms with E-state index in [1.165, 1.54) is 16.8 Å². The van der Waals surface area contributed by atoms with Crippen molar-refractivity contribution in [2.45, 2.75) is 13.5 Å². The third-order valence-corrected chi connectivity index (χ3v) is 2.69. The predicted octanol–water partition coefficient (Wildman–Crippen LogP) is 0.639. The van der Waals surface area contributed by atoms with Crippen molar-refractivity contribution in [3.63, 3.8) is 0 Å². The van der Waals surface area contributed by atoms with E-state index in [0.717, 1.165) is 10.7 Å². The molecule has 0 spiro atoms. The second-order valence-electron chi connectivity index (χ2n) is 3.11. The Bertz CT molecular complexity index is 531. The van der Waals surface area contributed by atoms with Crippen LogP contribution in [-0.4, -0.2) is 14.8 Å². The Hall–Kier alpha value is -1.69. The summed E-state index contributed by atoms with van der Waals surface area (Å²) in [4.78, 5) is 15.7. The van der Waals surface area contributed by atoms with Crippen molar-refractivity contribution in [1.82, 2.24) is 14.8 Å². The van der Waals surface area contributed by atoms with Gasteiger partial charge in [-0.2, -0.15) is 5.10 Å². The minimum Gasteiger partial charge on any atom is -0.382 e. The average molecular weight is 222 g/mol. The van der Waals surface area contributed by atoms with Gasteiger partial charge in [0, 0.05) is 11.4 Å². The van der Waals surface area contributed by atoms with Crippen LogP contribution >= 0.6 is 11.3 Å². The molecule has 2 aromatic heterocycles. The highest BCUT2D eigenvalue weighted by Gasteiger charge is 2.02. The highest BCUT2D eigenvalue weighted by Crippen LogP contribution is 2.08. The Morgan fingerprint density at radius 3 is 3.00 bits per heavy atom. The Morgan fingerprint density at radius 2 is 2.33 bits per heavy atom. The first-order valence-electron chi connectivity index (χ1n) is 4.40. The lowest BCUT2D eigenvalue weighted by molar-refractivity contribution is 0.634.